The lowest BCUT2D eigenvalue weighted by atomic mass is 10.1. The standard InChI is InChI=1S/C16H23N5/c1-12(11-21-9-5-2-6-10-21)18-15-13-7-3-4-8-14(13)19-16(17)20-15/h3-4,7-8,12H,2,5-6,9-11H2,1H3,(H3,17,18,19,20). The van der Waals surface area contributed by atoms with Crippen LogP contribution in [-0.2, 0) is 0 Å². The number of hydrogen-bond acceptors (Lipinski definition) is 5. The SMILES string of the molecule is CC(CN1CCCCC1)Nc1nc(N)nc2ccccc12. The van der Waals surface area contributed by atoms with Crippen LogP contribution in [-0.4, -0.2) is 40.5 Å². The Balaban J connectivity index is 1.74. The molecular formula is C16H23N5. The molecule has 2 heterocycles. The molecule has 0 amide bonds. The number of benzene rings is 1. The lowest BCUT2D eigenvalue weighted by molar-refractivity contribution is 0.223. The minimum absolute atomic E-state index is 0.321. The van der Waals surface area contributed by atoms with Crippen molar-refractivity contribution in [3.63, 3.8) is 0 Å². The Hall–Kier alpha value is -1.88. The highest BCUT2D eigenvalue weighted by atomic mass is 15.2. The van der Waals surface area contributed by atoms with E-state index >= 15 is 0 Å². The maximum absolute atomic E-state index is 5.81. The zero-order chi connectivity index (χ0) is 14.7. The second kappa shape index (κ2) is 6.26. The monoisotopic (exact) mass is 285 g/mol. The smallest absolute Gasteiger partial charge is 0.222 e. The minimum Gasteiger partial charge on any atom is -0.368 e. The number of rotatable bonds is 4. The van der Waals surface area contributed by atoms with Gasteiger partial charge in [-0.25, -0.2) is 4.98 Å². The van der Waals surface area contributed by atoms with Crippen LogP contribution in [0.2, 0.25) is 0 Å². The largest absolute Gasteiger partial charge is 0.368 e. The van der Waals surface area contributed by atoms with Crippen molar-refractivity contribution >= 4 is 22.7 Å². The first-order chi connectivity index (χ1) is 10.2. The summed E-state index contributed by atoms with van der Waals surface area (Å²) in [6.45, 7) is 5.65. The number of likely N-dealkylation sites (tertiary alicyclic amines) is 1. The summed E-state index contributed by atoms with van der Waals surface area (Å²) in [5.41, 5.74) is 6.70. The molecule has 0 saturated carbocycles. The summed E-state index contributed by atoms with van der Waals surface area (Å²) < 4.78 is 0. The topological polar surface area (TPSA) is 67.1 Å². The van der Waals surface area contributed by atoms with E-state index in [1.54, 1.807) is 0 Å². The van der Waals surface area contributed by atoms with E-state index in [4.69, 9.17) is 5.73 Å². The van der Waals surface area contributed by atoms with Crippen LogP contribution in [0.15, 0.2) is 24.3 Å². The Labute approximate surface area is 125 Å². The number of nitrogens with zero attached hydrogens (tertiary/aromatic N) is 3. The van der Waals surface area contributed by atoms with Crippen molar-refractivity contribution in [2.75, 3.05) is 30.7 Å². The summed E-state index contributed by atoms with van der Waals surface area (Å²) in [7, 11) is 0. The van der Waals surface area contributed by atoms with Gasteiger partial charge in [0.25, 0.3) is 0 Å². The first-order valence-electron chi connectivity index (χ1n) is 7.73. The number of piperidine rings is 1. The molecule has 0 bridgehead atoms. The number of aromatic nitrogens is 2. The van der Waals surface area contributed by atoms with Crippen molar-refractivity contribution in [3.8, 4) is 0 Å². The molecule has 1 unspecified atom stereocenters. The molecule has 1 aromatic carbocycles. The molecule has 1 aromatic heterocycles. The summed E-state index contributed by atoms with van der Waals surface area (Å²) >= 11 is 0. The van der Waals surface area contributed by atoms with Gasteiger partial charge in [-0.05, 0) is 45.0 Å². The molecule has 21 heavy (non-hydrogen) atoms. The van der Waals surface area contributed by atoms with E-state index < -0.39 is 0 Å². The molecule has 2 aromatic rings. The van der Waals surface area contributed by atoms with Crippen LogP contribution in [0.5, 0.6) is 0 Å². The third kappa shape index (κ3) is 3.42. The van der Waals surface area contributed by atoms with Crippen LogP contribution in [0.25, 0.3) is 10.9 Å². The number of nitrogens with two attached hydrogens (primary N) is 1. The fraction of sp³-hybridized carbons (Fsp3) is 0.500. The normalized spacial score (nSPS) is 17.8. The van der Waals surface area contributed by atoms with Gasteiger partial charge < -0.3 is 16.0 Å². The maximum Gasteiger partial charge on any atom is 0.222 e. The molecule has 0 radical (unpaired) electrons. The van der Waals surface area contributed by atoms with Crippen molar-refractivity contribution in [2.45, 2.75) is 32.2 Å². The van der Waals surface area contributed by atoms with Crippen LogP contribution in [0.3, 0.4) is 0 Å². The fourth-order valence-corrected chi connectivity index (χ4v) is 3.01. The highest BCUT2D eigenvalue weighted by Gasteiger charge is 2.15. The Morgan fingerprint density at radius 2 is 1.95 bits per heavy atom. The van der Waals surface area contributed by atoms with E-state index in [-0.39, 0.29) is 0 Å². The molecule has 1 saturated heterocycles. The summed E-state index contributed by atoms with van der Waals surface area (Å²) in [6, 6.07) is 8.30. The number of fused-ring (bicyclic) bond motifs is 1. The average Bonchev–Trinajstić information content (AvgIpc) is 2.48. The zero-order valence-corrected chi connectivity index (χ0v) is 12.5. The second-order valence-electron chi connectivity index (χ2n) is 5.85. The van der Waals surface area contributed by atoms with Gasteiger partial charge >= 0.3 is 0 Å². The van der Waals surface area contributed by atoms with Gasteiger partial charge in [0.15, 0.2) is 0 Å². The first kappa shape index (κ1) is 14.1. The number of nitrogen functional groups attached to an aromatic ring is 1. The van der Waals surface area contributed by atoms with E-state index in [1.807, 2.05) is 24.3 Å². The highest BCUT2D eigenvalue weighted by Crippen LogP contribution is 2.21. The van der Waals surface area contributed by atoms with Gasteiger partial charge in [-0.1, -0.05) is 18.6 Å². The average molecular weight is 285 g/mol. The van der Waals surface area contributed by atoms with Gasteiger partial charge in [-0.3, -0.25) is 0 Å². The Morgan fingerprint density at radius 1 is 1.19 bits per heavy atom. The maximum atomic E-state index is 5.81. The molecule has 5 nitrogen and oxygen atoms in total. The predicted molar refractivity (Wildman–Crippen MR) is 87.3 cm³/mol. The van der Waals surface area contributed by atoms with E-state index in [0.29, 0.717) is 12.0 Å². The van der Waals surface area contributed by atoms with Gasteiger partial charge in [-0.15, -0.1) is 0 Å². The minimum atomic E-state index is 0.321. The lowest BCUT2D eigenvalue weighted by Gasteiger charge is -2.29. The quantitative estimate of drug-likeness (QED) is 0.903. The molecule has 1 aliphatic rings. The highest BCUT2D eigenvalue weighted by molar-refractivity contribution is 5.89. The third-order valence-electron chi connectivity index (χ3n) is 3.98. The van der Waals surface area contributed by atoms with E-state index in [0.717, 1.165) is 23.3 Å². The summed E-state index contributed by atoms with van der Waals surface area (Å²) in [4.78, 5) is 11.2. The van der Waals surface area contributed by atoms with E-state index in [1.165, 1.54) is 32.4 Å². The molecule has 3 rings (SSSR count). The summed E-state index contributed by atoms with van der Waals surface area (Å²) in [5.74, 6) is 1.16. The van der Waals surface area contributed by atoms with Gasteiger partial charge in [0.05, 0.1) is 5.52 Å². The van der Waals surface area contributed by atoms with Crippen molar-refractivity contribution in [2.24, 2.45) is 0 Å². The Bertz CT molecular complexity index is 607. The number of para-hydroxylation sites is 1. The van der Waals surface area contributed by atoms with Crippen LogP contribution >= 0.6 is 0 Å². The summed E-state index contributed by atoms with van der Waals surface area (Å²) in [6.07, 6.45) is 4.00. The molecule has 112 valence electrons. The van der Waals surface area contributed by atoms with E-state index in [9.17, 15) is 0 Å². The van der Waals surface area contributed by atoms with Gasteiger partial charge in [0.1, 0.15) is 5.82 Å². The fourth-order valence-electron chi connectivity index (χ4n) is 3.01. The van der Waals surface area contributed by atoms with E-state index in [2.05, 4.69) is 27.1 Å². The molecule has 0 spiro atoms. The molecule has 5 heteroatoms. The van der Waals surface area contributed by atoms with Crippen molar-refractivity contribution in [1.82, 2.24) is 14.9 Å². The van der Waals surface area contributed by atoms with Gasteiger partial charge in [-0.2, -0.15) is 4.98 Å². The molecule has 1 atom stereocenters. The molecule has 0 aliphatic carbocycles. The molecule has 3 N–H and O–H groups in total. The van der Waals surface area contributed by atoms with Crippen molar-refractivity contribution in [1.29, 1.82) is 0 Å². The number of hydrogen-bond donors (Lipinski definition) is 2. The Kier molecular flexibility index (Phi) is 4.20. The van der Waals surface area contributed by atoms with Crippen LogP contribution in [0.4, 0.5) is 11.8 Å². The predicted octanol–water partition coefficient (Wildman–Crippen LogP) is 2.50. The molecule has 1 fully saturated rings. The van der Waals surface area contributed by atoms with Crippen molar-refractivity contribution in [3.05, 3.63) is 24.3 Å². The van der Waals surface area contributed by atoms with Crippen LogP contribution in [0, 0.1) is 0 Å². The lowest BCUT2D eigenvalue weighted by Crippen LogP contribution is -2.38. The second-order valence-corrected chi connectivity index (χ2v) is 5.85. The van der Waals surface area contributed by atoms with Gasteiger partial charge in [0, 0.05) is 18.0 Å². The first-order valence-corrected chi connectivity index (χ1v) is 7.73. The zero-order valence-electron chi connectivity index (χ0n) is 12.5. The van der Waals surface area contributed by atoms with Gasteiger partial charge in [0.2, 0.25) is 5.95 Å². The van der Waals surface area contributed by atoms with Crippen LogP contribution in [0.1, 0.15) is 26.2 Å². The van der Waals surface area contributed by atoms with Crippen LogP contribution < -0.4 is 11.1 Å². The Morgan fingerprint density at radius 3 is 2.76 bits per heavy atom. The van der Waals surface area contributed by atoms with Crippen molar-refractivity contribution < 1.29 is 0 Å². The molecule has 1 aliphatic heterocycles. The molecular weight excluding hydrogens is 262 g/mol. The number of nitrogens with one attached hydrogen (secondary N) is 1. The number of anilines is 2. The third-order valence-corrected chi connectivity index (χ3v) is 3.98. The summed E-state index contributed by atoms with van der Waals surface area (Å²) in [5, 5.41) is 4.53.